The number of unbranched alkanes of at least 4 members (excludes halogenated alkanes) is 15. The number of halogens is 3. The molecule has 0 aliphatic heterocycles. The summed E-state index contributed by atoms with van der Waals surface area (Å²) in [6.07, 6.45) is 17.2. The van der Waals surface area contributed by atoms with Crippen molar-refractivity contribution in [2.75, 3.05) is 32.9 Å². The van der Waals surface area contributed by atoms with Crippen LogP contribution in [0.4, 0.5) is 13.2 Å². The molecule has 0 N–H and O–H groups in total. The van der Waals surface area contributed by atoms with E-state index in [0.29, 0.717) is 0 Å². The average molecular weight is 532 g/mol. The lowest BCUT2D eigenvalue weighted by Gasteiger charge is -2.30. The number of hydrogen-bond donors (Lipinski definition) is 0. The topological polar surface area (TPSA) is 57.2 Å². The van der Waals surface area contributed by atoms with Crippen molar-refractivity contribution in [2.45, 2.75) is 142 Å². The van der Waals surface area contributed by atoms with Crippen LogP contribution in [0.3, 0.4) is 0 Å². The first-order chi connectivity index (χ1) is 16.3. The number of rotatable bonds is 22. The Hall–Kier alpha value is -0.340. The van der Waals surface area contributed by atoms with Crippen molar-refractivity contribution < 1.29 is 30.6 Å². The van der Waals surface area contributed by atoms with Crippen LogP contribution in [0, 0.1) is 0 Å². The molecule has 0 rings (SSSR count). The van der Waals surface area contributed by atoms with Gasteiger partial charge in [-0.25, -0.2) is 8.42 Å². The molecule has 0 spiro atoms. The summed E-state index contributed by atoms with van der Waals surface area (Å²) in [7, 11) is 0.507. The van der Waals surface area contributed by atoms with Gasteiger partial charge in [-0.3, -0.25) is 0 Å². The molecule has 8 heteroatoms. The normalized spacial score (nSPS) is 12.5. The Morgan fingerprint density at radius 2 is 0.943 bits per heavy atom. The largest absolute Gasteiger partial charge is 0.748 e. The Morgan fingerprint density at radius 1 is 0.600 bits per heavy atom. The summed E-state index contributed by atoms with van der Waals surface area (Å²) in [4.78, 5) is 0. The lowest BCUT2D eigenvalue weighted by molar-refractivity contribution is -0.890. The van der Waals surface area contributed by atoms with Crippen LogP contribution in [-0.4, -0.2) is 56.6 Å². The summed E-state index contributed by atoms with van der Waals surface area (Å²) in [6, 6.07) is 0. The van der Waals surface area contributed by atoms with E-state index < -0.39 is 28.5 Å². The molecule has 0 unspecified atom stereocenters. The highest BCUT2D eigenvalue weighted by atomic mass is 32.2. The third-order valence-corrected chi connectivity index (χ3v) is 7.13. The zero-order valence-electron chi connectivity index (χ0n) is 23.3. The molecular formula is C27H56F3NO3S. The summed E-state index contributed by atoms with van der Waals surface area (Å²) in [6.45, 7) is 7.36. The van der Waals surface area contributed by atoms with Crippen molar-refractivity contribution >= 4 is 10.1 Å². The van der Waals surface area contributed by atoms with E-state index in [1.165, 1.54) is 120 Å². The molecule has 0 amide bonds. The number of hydrogen-bond acceptors (Lipinski definition) is 3. The quantitative estimate of drug-likeness (QED) is 0.0798. The fourth-order valence-electron chi connectivity index (χ4n) is 4.06. The molecule has 0 aliphatic carbocycles. The Morgan fingerprint density at radius 3 is 1.26 bits per heavy atom. The molecule has 0 aliphatic rings. The second-order valence-electron chi connectivity index (χ2n) is 10.7. The van der Waals surface area contributed by atoms with E-state index in [9.17, 15) is 26.1 Å². The molecular weight excluding hydrogens is 475 g/mol. The van der Waals surface area contributed by atoms with Gasteiger partial charge in [0.1, 0.15) is 0 Å². The van der Waals surface area contributed by atoms with Crippen LogP contribution < -0.4 is 0 Å². The van der Waals surface area contributed by atoms with E-state index in [2.05, 4.69) is 27.9 Å². The van der Waals surface area contributed by atoms with Gasteiger partial charge in [-0.2, -0.15) is 13.2 Å². The highest BCUT2D eigenvalue weighted by Crippen LogP contribution is 2.22. The molecule has 214 valence electrons. The minimum absolute atomic E-state index is 0.231. The predicted molar refractivity (Wildman–Crippen MR) is 142 cm³/mol. The van der Waals surface area contributed by atoms with Gasteiger partial charge in [0.2, 0.25) is 0 Å². The predicted octanol–water partition coefficient (Wildman–Crippen LogP) is 8.61. The van der Waals surface area contributed by atoms with E-state index in [-0.39, 0.29) is 12.8 Å². The van der Waals surface area contributed by atoms with Crippen molar-refractivity contribution in [1.29, 1.82) is 0 Å². The van der Waals surface area contributed by atoms with Gasteiger partial charge in [0, 0.05) is 12.2 Å². The van der Waals surface area contributed by atoms with Gasteiger partial charge in [-0.15, -0.1) is 0 Å². The molecule has 0 aromatic carbocycles. The second kappa shape index (κ2) is 22.8. The van der Waals surface area contributed by atoms with E-state index in [1.807, 2.05) is 0 Å². The van der Waals surface area contributed by atoms with Gasteiger partial charge in [0.05, 0.1) is 37.3 Å². The molecule has 35 heavy (non-hydrogen) atoms. The smallest absolute Gasteiger partial charge is 0.389 e. The van der Waals surface area contributed by atoms with Crippen LogP contribution in [0.25, 0.3) is 0 Å². The van der Waals surface area contributed by atoms with Crippen molar-refractivity contribution in [3.63, 3.8) is 0 Å². The summed E-state index contributed by atoms with van der Waals surface area (Å²) in [5.74, 6) is -0.719. The van der Waals surface area contributed by atoms with Crippen molar-refractivity contribution in [2.24, 2.45) is 0 Å². The zero-order valence-corrected chi connectivity index (χ0v) is 24.1. The minimum Gasteiger partial charge on any atom is -0.748 e. The molecule has 0 heterocycles. The molecule has 0 atom stereocenters. The maximum Gasteiger partial charge on any atom is 0.389 e. The first-order valence-corrected chi connectivity index (χ1v) is 15.7. The molecule has 0 aromatic rings. The summed E-state index contributed by atoms with van der Waals surface area (Å²) < 4.78 is 65.3. The van der Waals surface area contributed by atoms with E-state index in [0.717, 1.165) is 0 Å². The Kier molecular flexibility index (Phi) is 24.0. The Bertz CT molecular complexity index is 530. The van der Waals surface area contributed by atoms with E-state index in [1.54, 1.807) is 0 Å². The minimum atomic E-state index is -4.36. The highest BCUT2D eigenvalue weighted by molar-refractivity contribution is 7.85. The van der Waals surface area contributed by atoms with E-state index in [4.69, 9.17) is 0 Å². The van der Waals surface area contributed by atoms with E-state index >= 15 is 0 Å². The molecule has 0 aromatic heterocycles. The zero-order chi connectivity index (χ0) is 27.1. The monoisotopic (exact) mass is 531 g/mol. The molecule has 0 saturated heterocycles. The third-order valence-electron chi connectivity index (χ3n) is 6.34. The molecule has 0 radical (unpaired) electrons. The van der Waals surface area contributed by atoms with Crippen LogP contribution in [0.2, 0.25) is 0 Å². The van der Waals surface area contributed by atoms with Crippen LogP contribution in [-0.2, 0) is 10.1 Å². The summed E-state index contributed by atoms with van der Waals surface area (Å²) in [5.41, 5.74) is 0. The van der Waals surface area contributed by atoms with Crippen LogP contribution in [0.15, 0.2) is 0 Å². The van der Waals surface area contributed by atoms with Gasteiger partial charge in [0.25, 0.3) is 0 Å². The van der Waals surface area contributed by atoms with Crippen LogP contribution >= 0.6 is 0 Å². The molecule has 0 saturated carbocycles. The van der Waals surface area contributed by atoms with Gasteiger partial charge in [0.15, 0.2) is 0 Å². The number of alkyl halides is 3. The first kappa shape index (κ1) is 36.8. The number of nitrogens with zero attached hydrogens (tertiary/aromatic N) is 1. The Labute approximate surface area is 215 Å². The fraction of sp³-hybridized carbons (Fsp3) is 1.00. The SMILES string of the molecule is CCCCCCCCCC[N+](C)(C)CCCCCCCCCC.O=S(=O)([O-])CCCCC(F)(F)F. The second-order valence-corrected chi connectivity index (χ2v) is 12.2. The summed E-state index contributed by atoms with van der Waals surface area (Å²) in [5, 5.41) is 0. The Balaban J connectivity index is 0. The lowest BCUT2D eigenvalue weighted by Crippen LogP contribution is -2.41. The van der Waals surface area contributed by atoms with Crippen LogP contribution in [0.1, 0.15) is 136 Å². The van der Waals surface area contributed by atoms with Crippen molar-refractivity contribution in [1.82, 2.24) is 0 Å². The van der Waals surface area contributed by atoms with Gasteiger partial charge in [-0.1, -0.05) is 90.9 Å². The molecule has 0 bridgehead atoms. The average Bonchev–Trinajstić information content (AvgIpc) is 2.74. The fourth-order valence-corrected chi connectivity index (χ4v) is 4.62. The van der Waals surface area contributed by atoms with Crippen molar-refractivity contribution in [3.05, 3.63) is 0 Å². The van der Waals surface area contributed by atoms with Crippen LogP contribution in [0.5, 0.6) is 0 Å². The van der Waals surface area contributed by atoms with Gasteiger partial charge >= 0.3 is 6.18 Å². The molecule has 4 nitrogen and oxygen atoms in total. The van der Waals surface area contributed by atoms with Gasteiger partial charge in [-0.05, 0) is 38.5 Å². The first-order valence-electron chi connectivity index (χ1n) is 14.2. The maximum atomic E-state index is 11.4. The van der Waals surface area contributed by atoms with Gasteiger partial charge < -0.3 is 9.04 Å². The number of quaternary nitrogens is 1. The molecule has 0 fully saturated rings. The summed E-state index contributed by atoms with van der Waals surface area (Å²) >= 11 is 0. The third kappa shape index (κ3) is 35.9. The highest BCUT2D eigenvalue weighted by Gasteiger charge is 2.25. The van der Waals surface area contributed by atoms with Crippen molar-refractivity contribution in [3.8, 4) is 0 Å². The maximum absolute atomic E-state index is 11.4. The lowest BCUT2D eigenvalue weighted by atomic mass is 10.1. The standard InChI is InChI=1S/C22H48N.C5H9F3O3S/c1-5-7-9-11-13-15-17-19-21-23(3,4)22-20-18-16-14-12-10-8-6-2;6-5(7,8)3-1-2-4-12(9,10)11/h5-22H2,1-4H3;1-4H2,(H,9,10,11)/q+1;/p-1.